The highest BCUT2D eigenvalue weighted by molar-refractivity contribution is 6.10. The Labute approximate surface area is 168 Å². The SMILES string of the molecule is O=C1CCC(c2cccc3cccc(C(=O)OCc4ccccc4)c23)=CC1=CO. The molecule has 1 aliphatic rings. The van der Waals surface area contributed by atoms with Crippen molar-refractivity contribution in [3.05, 3.63) is 101 Å². The van der Waals surface area contributed by atoms with Gasteiger partial charge in [-0.2, -0.15) is 0 Å². The summed E-state index contributed by atoms with van der Waals surface area (Å²) in [5.74, 6) is -0.476. The fourth-order valence-electron chi connectivity index (χ4n) is 3.63. The zero-order valence-electron chi connectivity index (χ0n) is 15.8. The molecule has 0 amide bonds. The number of carbonyl (C=O) groups excluding carboxylic acids is 2. The molecule has 4 nitrogen and oxygen atoms in total. The van der Waals surface area contributed by atoms with Crippen LogP contribution in [0.15, 0.2) is 84.6 Å². The molecule has 0 radical (unpaired) electrons. The van der Waals surface area contributed by atoms with Gasteiger partial charge in [0.2, 0.25) is 0 Å². The number of aliphatic hydroxyl groups excluding tert-OH is 1. The van der Waals surface area contributed by atoms with E-state index in [1.165, 1.54) is 0 Å². The molecule has 0 heterocycles. The summed E-state index contributed by atoms with van der Waals surface area (Å²) in [6, 6.07) is 20.9. The van der Waals surface area contributed by atoms with Gasteiger partial charge < -0.3 is 9.84 Å². The van der Waals surface area contributed by atoms with Gasteiger partial charge in [-0.25, -0.2) is 4.79 Å². The summed E-state index contributed by atoms with van der Waals surface area (Å²) >= 11 is 0. The van der Waals surface area contributed by atoms with Gasteiger partial charge in [0.1, 0.15) is 6.61 Å². The van der Waals surface area contributed by atoms with Gasteiger partial charge >= 0.3 is 5.97 Å². The Hall–Kier alpha value is -3.66. The van der Waals surface area contributed by atoms with E-state index in [0.29, 0.717) is 18.4 Å². The van der Waals surface area contributed by atoms with E-state index in [-0.39, 0.29) is 18.0 Å². The molecule has 0 unspecified atom stereocenters. The van der Waals surface area contributed by atoms with Gasteiger partial charge in [0.15, 0.2) is 5.78 Å². The van der Waals surface area contributed by atoms with E-state index >= 15 is 0 Å². The van der Waals surface area contributed by atoms with Gasteiger partial charge in [-0.1, -0.05) is 60.7 Å². The number of benzene rings is 3. The predicted octanol–water partition coefficient (Wildman–Crippen LogP) is 5.39. The summed E-state index contributed by atoms with van der Waals surface area (Å²) in [5, 5.41) is 11.1. The first-order valence-electron chi connectivity index (χ1n) is 9.48. The van der Waals surface area contributed by atoms with E-state index in [1.807, 2.05) is 60.7 Å². The minimum Gasteiger partial charge on any atom is -0.515 e. The highest BCUT2D eigenvalue weighted by Gasteiger charge is 2.21. The second-order valence-electron chi connectivity index (χ2n) is 6.95. The summed E-state index contributed by atoms with van der Waals surface area (Å²) in [6.45, 7) is 0.201. The van der Waals surface area contributed by atoms with Crippen molar-refractivity contribution >= 4 is 28.1 Å². The van der Waals surface area contributed by atoms with Crippen LogP contribution in [0.25, 0.3) is 16.3 Å². The van der Waals surface area contributed by atoms with Crippen LogP contribution in [0.2, 0.25) is 0 Å². The number of Topliss-reactive ketones (excluding diaryl/α,β-unsaturated/α-hetero) is 1. The maximum atomic E-state index is 12.9. The van der Waals surface area contributed by atoms with Crippen molar-refractivity contribution in [2.24, 2.45) is 0 Å². The Kier molecular flexibility index (Phi) is 5.25. The average Bonchev–Trinajstić information content (AvgIpc) is 2.77. The van der Waals surface area contributed by atoms with E-state index in [4.69, 9.17) is 4.74 Å². The Bertz CT molecular complexity index is 1130. The van der Waals surface area contributed by atoms with Crippen LogP contribution in [0.3, 0.4) is 0 Å². The summed E-state index contributed by atoms with van der Waals surface area (Å²) in [5.41, 5.74) is 3.49. The molecule has 0 aliphatic heterocycles. The Morgan fingerprint density at radius 1 is 0.966 bits per heavy atom. The lowest BCUT2D eigenvalue weighted by molar-refractivity contribution is -0.115. The number of aliphatic hydroxyl groups is 1. The van der Waals surface area contributed by atoms with Crippen LogP contribution in [0.1, 0.15) is 34.3 Å². The minimum absolute atomic E-state index is 0.0843. The lowest BCUT2D eigenvalue weighted by Gasteiger charge is -2.17. The standard InChI is InChI=1S/C25H20O4/c26-15-20-14-19(12-13-23(20)27)21-10-4-8-18-9-5-11-22(24(18)21)25(28)29-16-17-6-2-1-3-7-17/h1-11,14-15,26H,12-13,16H2. The molecular weight excluding hydrogens is 364 g/mol. The summed E-state index contributed by atoms with van der Waals surface area (Å²) < 4.78 is 5.56. The van der Waals surface area contributed by atoms with Gasteiger partial charge in [-0.15, -0.1) is 0 Å². The third kappa shape index (κ3) is 3.83. The van der Waals surface area contributed by atoms with Gasteiger partial charge in [-0.05, 0) is 40.6 Å². The van der Waals surface area contributed by atoms with Crippen LogP contribution in [-0.2, 0) is 16.1 Å². The molecule has 1 aliphatic carbocycles. The average molecular weight is 384 g/mol. The summed E-state index contributed by atoms with van der Waals surface area (Å²) in [4.78, 5) is 24.8. The first kappa shape index (κ1) is 18.7. The number of esters is 1. The quantitative estimate of drug-likeness (QED) is 0.372. The molecule has 3 aromatic carbocycles. The molecule has 0 aromatic heterocycles. The fourth-order valence-corrected chi connectivity index (χ4v) is 3.63. The molecule has 3 aromatic rings. The second-order valence-corrected chi connectivity index (χ2v) is 6.95. The molecule has 0 fully saturated rings. The highest BCUT2D eigenvalue weighted by Crippen LogP contribution is 2.34. The Morgan fingerprint density at radius 2 is 1.72 bits per heavy atom. The number of carbonyl (C=O) groups is 2. The first-order valence-corrected chi connectivity index (χ1v) is 9.48. The first-order chi connectivity index (χ1) is 14.2. The fraction of sp³-hybridized carbons (Fsp3) is 0.120. The van der Waals surface area contributed by atoms with Crippen molar-refractivity contribution in [3.8, 4) is 0 Å². The molecule has 1 N–H and O–H groups in total. The smallest absolute Gasteiger partial charge is 0.339 e. The summed E-state index contributed by atoms with van der Waals surface area (Å²) in [6.07, 6.45) is 3.44. The molecule has 4 rings (SSSR count). The van der Waals surface area contributed by atoms with Gasteiger partial charge in [0.25, 0.3) is 0 Å². The number of ketones is 1. The number of fused-ring (bicyclic) bond motifs is 1. The molecule has 0 spiro atoms. The van der Waals surface area contributed by atoms with Crippen LogP contribution in [-0.4, -0.2) is 16.9 Å². The van der Waals surface area contributed by atoms with Crippen molar-refractivity contribution in [2.45, 2.75) is 19.4 Å². The second kappa shape index (κ2) is 8.15. The number of hydrogen-bond acceptors (Lipinski definition) is 4. The van der Waals surface area contributed by atoms with E-state index in [2.05, 4.69) is 0 Å². The molecule has 0 saturated carbocycles. The monoisotopic (exact) mass is 384 g/mol. The maximum Gasteiger partial charge on any atom is 0.339 e. The van der Waals surface area contributed by atoms with E-state index in [0.717, 1.165) is 33.7 Å². The van der Waals surface area contributed by atoms with E-state index < -0.39 is 5.97 Å². The van der Waals surface area contributed by atoms with Gasteiger partial charge in [0, 0.05) is 11.8 Å². The van der Waals surface area contributed by atoms with Crippen LogP contribution in [0.5, 0.6) is 0 Å². The summed E-state index contributed by atoms with van der Waals surface area (Å²) in [7, 11) is 0. The van der Waals surface area contributed by atoms with Crippen LogP contribution < -0.4 is 0 Å². The zero-order chi connectivity index (χ0) is 20.2. The molecule has 0 saturated heterocycles. The van der Waals surface area contributed by atoms with Crippen molar-refractivity contribution < 1.29 is 19.4 Å². The molecular formula is C25H20O4. The zero-order valence-corrected chi connectivity index (χ0v) is 15.8. The molecule has 0 bridgehead atoms. The largest absolute Gasteiger partial charge is 0.515 e. The van der Waals surface area contributed by atoms with Gasteiger partial charge in [-0.3, -0.25) is 4.79 Å². The van der Waals surface area contributed by atoms with E-state index in [1.54, 1.807) is 12.1 Å². The number of hydrogen-bond donors (Lipinski definition) is 1. The minimum atomic E-state index is -0.391. The highest BCUT2D eigenvalue weighted by atomic mass is 16.5. The molecule has 0 atom stereocenters. The Morgan fingerprint density at radius 3 is 2.48 bits per heavy atom. The third-order valence-corrected chi connectivity index (χ3v) is 5.10. The van der Waals surface area contributed by atoms with Crippen molar-refractivity contribution in [1.82, 2.24) is 0 Å². The lowest BCUT2D eigenvalue weighted by atomic mass is 9.86. The van der Waals surface area contributed by atoms with Crippen molar-refractivity contribution in [1.29, 1.82) is 0 Å². The lowest BCUT2D eigenvalue weighted by Crippen LogP contribution is -2.09. The molecule has 29 heavy (non-hydrogen) atoms. The predicted molar refractivity (Wildman–Crippen MR) is 112 cm³/mol. The topological polar surface area (TPSA) is 63.6 Å². The molecule has 4 heteroatoms. The van der Waals surface area contributed by atoms with Crippen molar-refractivity contribution in [2.75, 3.05) is 0 Å². The Balaban J connectivity index is 1.74. The number of ether oxygens (including phenoxy) is 1. The number of allylic oxidation sites excluding steroid dienone is 3. The normalized spacial score (nSPS) is 15.4. The van der Waals surface area contributed by atoms with Crippen LogP contribution >= 0.6 is 0 Å². The number of rotatable bonds is 4. The van der Waals surface area contributed by atoms with Gasteiger partial charge in [0.05, 0.1) is 17.4 Å². The third-order valence-electron chi connectivity index (χ3n) is 5.10. The molecule has 144 valence electrons. The maximum absolute atomic E-state index is 12.9. The van der Waals surface area contributed by atoms with Crippen LogP contribution in [0, 0.1) is 0 Å². The van der Waals surface area contributed by atoms with Crippen LogP contribution in [0.4, 0.5) is 0 Å². The van der Waals surface area contributed by atoms with E-state index in [9.17, 15) is 14.7 Å². The van der Waals surface area contributed by atoms with Crippen molar-refractivity contribution in [3.63, 3.8) is 0 Å².